The Balaban J connectivity index is 5.17. The highest BCUT2D eigenvalue weighted by Crippen LogP contribution is 2.45. The third kappa shape index (κ3) is 78.2. The van der Waals surface area contributed by atoms with Crippen LogP contribution in [-0.4, -0.2) is 96.7 Å². The zero-order valence-electron chi connectivity index (χ0n) is 68.2. The number of carbonyl (C=O) groups excluding carboxylic acids is 4. The minimum absolute atomic E-state index is 0.107. The molecule has 0 aromatic rings. The zero-order valence-corrected chi connectivity index (χ0v) is 70.0. The second kappa shape index (κ2) is 77.8. The lowest BCUT2D eigenvalue weighted by Gasteiger charge is -2.21. The van der Waals surface area contributed by atoms with Crippen molar-refractivity contribution in [3.05, 3.63) is 0 Å². The number of hydrogen-bond donors (Lipinski definition) is 3. The Morgan fingerprint density at radius 3 is 0.654 bits per heavy atom. The number of hydrogen-bond acceptors (Lipinski definition) is 15. The molecule has 0 spiro atoms. The lowest BCUT2D eigenvalue weighted by molar-refractivity contribution is -0.161. The molecule has 0 heterocycles. The van der Waals surface area contributed by atoms with Crippen LogP contribution in [0, 0.1) is 5.92 Å². The van der Waals surface area contributed by atoms with Gasteiger partial charge in [0, 0.05) is 25.7 Å². The lowest BCUT2D eigenvalue weighted by atomic mass is 10.0. The molecular formula is C85H166O17P2. The Morgan fingerprint density at radius 1 is 0.260 bits per heavy atom. The maximum Gasteiger partial charge on any atom is 0.472 e. The molecule has 3 N–H and O–H groups in total. The number of unbranched alkanes of at least 4 members (excludes halogenated alkanes) is 57. The highest BCUT2D eigenvalue weighted by atomic mass is 31.2. The van der Waals surface area contributed by atoms with E-state index in [4.69, 9.17) is 37.0 Å². The number of aliphatic hydroxyl groups is 1. The monoisotopic (exact) mass is 1520 g/mol. The molecule has 17 nitrogen and oxygen atoms in total. The quantitative estimate of drug-likeness (QED) is 0.0222. The fraction of sp³-hybridized carbons (Fsp3) is 0.953. The predicted octanol–water partition coefficient (Wildman–Crippen LogP) is 26.0. The standard InChI is InChI=1S/C85H166O17P2/c1-6-9-12-15-18-21-24-27-29-31-33-35-37-39-41-43-45-48-51-54-61-66-71-85(90)101-80(74-95-82(87)68-63-58-52-49-47-44-42-40-38-36-34-32-30-28-25-22-19-16-13-10-7-2)76-99-103(91,92)97-72-79(86)73-98-104(93,94)100-77-81(75-96-83(88)69-64-59-56-55-57-62-67-78(4)5)102-84(89)70-65-60-53-50-46-26-23-20-17-14-11-8-3/h78-81,86H,6-77H2,1-5H3,(H,91,92)(H,93,94)/t79-,80-,81-/m1/s1. The van der Waals surface area contributed by atoms with E-state index in [0.29, 0.717) is 31.6 Å². The van der Waals surface area contributed by atoms with Gasteiger partial charge in [-0.1, -0.05) is 407 Å². The molecule has 0 rings (SSSR count). The van der Waals surface area contributed by atoms with E-state index < -0.39 is 97.5 Å². The largest absolute Gasteiger partial charge is 0.472 e. The van der Waals surface area contributed by atoms with Gasteiger partial charge in [0.2, 0.25) is 0 Å². The van der Waals surface area contributed by atoms with Gasteiger partial charge in [0.25, 0.3) is 0 Å². The Kier molecular flexibility index (Phi) is 76.3. The fourth-order valence-electron chi connectivity index (χ4n) is 13.3. The molecule has 0 aliphatic rings. The summed E-state index contributed by atoms with van der Waals surface area (Å²) in [6.45, 7) is 7.26. The molecule has 2 unspecified atom stereocenters. The molecule has 618 valence electrons. The van der Waals surface area contributed by atoms with Crippen LogP contribution in [-0.2, 0) is 65.4 Å². The minimum Gasteiger partial charge on any atom is -0.462 e. The number of phosphoric ester groups is 2. The summed E-state index contributed by atoms with van der Waals surface area (Å²) >= 11 is 0. The van der Waals surface area contributed by atoms with E-state index >= 15 is 0 Å². The molecule has 0 amide bonds. The molecule has 0 bridgehead atoms. The van der Waals surface area contributed by atoms with Crippen LogP contribution < -0.4 is 0 Å². The number of carbonyl (C=O) groups is 4. The molecule has 0 aliphatic carbocycles. The average molecular weight is 1520 g/mol. The Labute approximate surface area is 638 Å². The Bertz CT molecular complexity index is 1980. The number of aliphatic hydroxyl groups excluding tert-OH is 1. The molecule has 0 aliphatic heterocycles. The van der Waals surface area contributed by atoms with Gasteiger partial charge >= 0.3 is 39.5 Å². The van der Waals surface area contributed by atoms with Gasteiger partial charge in [-0.25, -0.2) is 9.13 Å². The summed E-state index contributed by atoms with van der Waals surface area (Å²) < 4.78 is 68.8. The van der Waals surface area contributed by atoms with Gasteiger partial charge in [-0.05, 0) is 31.6 Å². The summed E-state index contributed by atoms with van der Waals surface area (Å²) in [4.78, 5) is 73.1. The van der Waals surface area contributed by atoms with Crippen molar-refractivity contribution >= 4 is 39.5 Å². The zero-order chi connectivity index (χ0) is 76.2. The SMILES string of the molecule is CCCCCCCCCCCCCCCCCCCCCCCCC(=O)O[C@H](COC(=O)CCCCCCCCCCCCCCCCCCCCCCC)COP(=O)(O)OC[C@@H](O)COP(=O)(O)OC[C@@H](COC(=O)CCCCCCCCC(C)C)OC(=O)CCCCCCCCCCCCCC. The normalized spacial score (nSPS) is 13.8. The first-order valence-electron chi connectivity index (χ1n) is 44.1. The number of ether oxygens (including phenoxy) is 4. The van der Waals surface area contributed by atoms with Crippen LogP contribution in [0.1, 0.15) is 458 Å². The maximum atomic E-state index is 13.1. The highest BCUT2D eigenvalue weighted by molar-refractivity contribution is 7.47. The summed E-state index contributed by atoms with van der Waals surface area (Å²) in [6, 6.07) is 0. The van der Waals surface area contributed by atoms with Gasteiger partial charge in [0.05, 0.1) is 26.4 Å². The molecular weight excluding hydrogens is 1350 g/mol. The smallest absolute Gasteiger partial charge is 0.462 e. The van der Waals surface area contributed by atoms with Gasteiger partial charge in [-0.2, -0.15) is 0 Å². The van der Waals surface area contributed by atoms with Crippen molar-refractivity contribution in [3.8, 4) is 0 Å². The topological polar surface area (TPSA) is 237 Å². The molecule has 19 heteroatoms. The summed E-state index contributed by atoms with van der Waals surface area (Å²) in [5.41, 5.74) is 0. The maximum absolute atomic E-state index is 13.1. The average Bonchev–Trinajstić information content (AvgIpc) is 0.905. The van der Waals surface area contributed by atoms with Gasteiger partial charge < -0.3 is 33.8 Å². The van der Waals surface area contributed by atoms with Crippen molar-refractivity contribution in [2.75, 3.05) is 39.6 Å². The van der Waals surface area contributed by atoms with E-state index in [0.717, 1.165) is 96.3 Å². The van der Waals surface area contributed by atoms with Crippen molar-refractivity contribution in [3.63, 3.8) is 0 Å². The van der Waals surface area contributed by atoms with Crippen molar-refractivity contribution in [1.82, 2.24) is 0 Å². The Morgan fingerprint density at radius 2 is 0.442 bits per heavy atom. The van der Waals surface area contributed by atoms with Crippen LogP contribution in [0.15, 0.2) is 0 Å². The first-order valence-corrected chi connectivity index (χ1v) is 47.1. The summed E-state index contributed by atoms with van der Waals surface area (Å²) in [5, 5.41) is 10.6. The van der Waals surface area contributed by atoms with Crippen LogP contribution in [0.2, 0.25) is 0 Å². The van der Waals surface area contributed by atoms with Gasteiger partial charge in [0.1, 0.15) is 19.3 Å². The molecule has 0 aromatic carbocycles. The molecule has 0 radical (unpaired) electrons. The molecule has 0 fully saturated rings. The molecule has 0 aromatic heterocycles. The second-order valence-electron chi connectivity index (χ2n) is 31.1. The van der Waals surface area contributed by atoms with Crippen molar-refractivity contribution < 1.29 is 80.2 Å². The second-order valence-corrected chi connectivity index (χ2v) is 34.0. The summed E-state index contributed by atoms with van der Waals surface area (Å²) in [7, 11) is -9.92. The van der Waals surface area contributed by atoms with Crippen molar-refractivity contribution in [2.24, 2.45) is 5.92 Å². The van der Waals surface area contributed by atoms with E-state index in [-0.39, 0.29) is 25.7 Å². The first kappa shape index (κ1) is 102. The van der Waals surface area contributed by atoms with Crippen LogP contribution in [0.25, 0.3) is 0 Å². The molecule has 0 saturated carbocycles. The van der Waals surface area contributed by atoms with Gasteiger partial charge in [0.15, 0.2) is 12.2 Å². The summed E-state index contributed by atoms with van der Waals surface area (Å²) in [6.07, 6.45) is 71.2. The van der Waals surface area contributed by atoms with Crippen LogP contribution in [0.3, 0.4) is 0 Å². The first-order chi connectivity index (χ1) is 50.5. The van der Waals surface area contributed by atoms with Gasteiger partial charge in [-0.3, -0.25) is 37.3 Å². The number of rotatable bonds is 85. The third-order valence-electron chi connectivity index (χ3n) is 20.0. The van der Waals surface area contributed by atoms with Crippen LogP contribution in [0.5, 0.6) is 0 Å². The fourth-order valence-corrected chi connectivity index (χ4v) is 14.9. The molecule has 5 atom stereocenters. The molecule has 104 heavy (non-hydrogen) atoms. The van der Waals surface area contributed by atoms with Crippen molar-refractivity contribution in [2.45, 2.75) is 477 Å². The Hall–Kier alpha value is -1.94. The van der Waals surface area contributed by atoms with Crippen LogP contribution >= 0.6 is 15.6 Å². The number of phosphoric acid groups is 2. The third-order valence-corrected chi connectivity index (χ3v) is 21.9. The van der Waals surface area contributed by atoms with Crippen molar-refractivity contribution in [1.29, 1.82) is 0 Å². The van der Waals surface area contributed by atoms with E-state index in [1.165, 1.54) is 276 Å². The van der Waals surface area contributed by atoms with Crippen LogP contribution in [0.4, 0.5) is 0 Å². The van der Waals surface area contributed by atoms with E-state index in [2.05, 4.69) is 34.6 Å². The van der Waals surface area contributed by atoms with Gasteiger partial charge in [-0.15, -0.1) is 0 Å². The number of esters is 4. The lowest BCUT2D eigenvalue weighted by Crippen LogP contribution is -2.30. The highest BCUT2D eigenvalue weighted by Gasteiger charge is 2.30. The summed E-state index contributed by atoms with van der Waals surface area (Å²) in [5.74, 6) is -1.43. The predicted molar refractivity (Wildman–Crippen MR) is 428 cm³/mol. The van der Waals surface area contributed by atoms with E-state index in [9.17, 15) is 43.2 Å². The van der Waals surface area contributed by atoms with E-state index in [1.54, 1.807) is 0 Å². The minimum atomic E-state index is -4.96. The molecule has 0 saturated heterocycles. The van der Waals surface area contributed by atoms with E-state index in [1.807, 2.05) is 0 Å².